The highest BCUT2D eigenvalue weighted by Crippen LogP contribution is 2.29. The van der Waals surface area contributed by atoms with Gasteiger partial charge in [0, 0.05) is 6.54 Å². The number of rotatable bonds is 4. The number of halogens is 3. The highest BCUT2D eigenvalue weighted by atomic mass is 19.4. The van der Waals surface area contributed by atoms with E-state index in [1.54, 1.807) is 12.1 Å². The predicted octanol–water partition coefficient (Wildman–Crippen LogP) is 2.62. The maximum Gasteiger partial charge on any atom is 0.416 e. The Morgan fingerprint density at radius 3 is 1.96 bits per heavy atom. The van der Waals surface area contributed by atoms with Crippen LogP contribution in [0.2, 0.25) is 0 Å². The first-order valence-electron chi connectivity index (χ1n) is 7.65. The minimum Gasteiger partial charge on any atom is -0.350 e. The first kappa shape index (κ1) is 17.7. The standard InChI is InChI=1S/C18H13F3N2O3/c19-18(20,21)12-7-5-11(6-8-12)9-22-15(24)10-23-16(25)13-3-1-2-4-14(13)17(23)26/h1-8H,9-10H2,(H,22,24). The molecule has 0 bridgehead atoms. The van der Waals surface area contributed by atoms with Crippen LogP contribution in [0.15, 0.2) is 48.5 Å². The van der Waals surface area contributed by atoms with Crippen molar-refractivity contribution in [1.82, 2.24) is 10.2 Å². The van der Waals surface area contributed by atoms with Gasteiger partial charge in [-0.25, -0.2) is 0 Å². The van der Waals surface area contributed by atoms with E-state index in [-0.39, 0.29) is 17.7 Å². The minimum absolute atomic E-state index is 0.0138. The van der Waals surface area contributed by atoms with Gasteiger partial charge in [0.05, 0.1) is 16.7 Å². The molecule has 3 rings (SSSR count). The van der Waals surface area contributed by atoms with Gasteiger partial charge in [0.2, 0.25) is 5.91 Å². The Bertz CT molecular complexity index is 841. The molecular formula is C18H13F3N2O3. The molecule has 1 aliphatic heterocycles. The van der Waals surface area contributed by atoms with Crippen LogP contribution in [0.25, 0.3) is 0 Å². The summed E-state index contributed by atoms with van der Waals surface area (Å²) in [6.07, 6.45) is -4.42. The monoisotopic (exact) mass is 362 g/mol. The van der Waals surface area contributed by atoms with Crippen LogP contribution in [-0.2, 0) is 17.5 Å². The van der Waals surface area contributed by atoms with Gasteiger partial charge in [-0.2, -0.15) is 13.2 Å². The van der Waals surface area contributed by atoms with Gasteiger partial charge in [-0.1, -0.05) is 24.3 Å². The van der Waals surface area contributed by atoms with Crippen molar-refractivity contribution in [2.75, 3.05) is 6.54 Å². The molecule has 3 amide bonds. The number of nitrogens with one attached hydrogen (secondary N) is 1. The number of carbonyl (C=O) groups is 3. The number of hydrogen-bond donors (Lipinski definition) is 1. The zero-order valence-electron chi connectivity index (χ0n) is 13.3. The third-order valence-electron chi connectivity index (χ3n) is 3.95. The molecule has 0 radical (unpaired) electrons. The molecule has 1 aliphatic rings. The molecule has 0 saturated carbocycles. The van der Waals surface area contributed by atoms with Crippen molar-refractivity contribution in [3.8, 4) is 0 Å². The van der Waals surface area contributed by atoms with Crippen molar-refractivity contribution in [2.24, 2.45) is 0 Å². The molecule has 2 aromatic carbocycles. The first-order chi connectivity index (χ1) is 12.3. The smallest absolute Gasteiger partial charge is 0.350 e. The van der Waals surface area contributed by atoms with Crippen LogP contribution >= 0.6 is 0 Å². The average Bonchev–Trinajstić information content (AvgIpc) is 2.85. The van der Waals surface area contributed by atoms with E-state index in [1.165, 1.54) is 24.3 Å². The van der Waals surface area contributed by atoms with Crippen molar-refractivity contribution in [1.29, 1.82) is 0 Å². The van der Waals surface area contributed by atoms with E-state index >= 15 is 0 Å². The SMILES string of the molecule is O=C(CN1C(=O)c2ccccc2C1=O)NCc1ccc(C(F)(F)F)cc1. The van der Waals surface area contributed by atoms with E-state index in [9.17, 15) is 27.6 Å². The molecular weight excluding hydrogens is 349 g/mol. The lowest BCUT2D eigenvalue weighted by Crippen LogP contribution is -2.40. The third kappa shape index (κ3) is 3.44. The molecule has 0 fully saturated rings. The Kier molecular flexibility index (Phi) is 4.50. The van der Waals surface area contributed by atoms with Gasteiger partial charge in [-0.15, -0.1) is 0 Å². The van der Waals surface area contributed by atoms with Gasteiger partial charge in [0.15, 0.2) is 0 Å². The van der Waals surface area contributed by atoms with Crippen LogP contribution in [-0.4, -0.2) is 29.2 Å². The van der Waals surface area contributed by atoms with E-state index in [1.807, 2.05) is 0 Å². The molecule has 0 atom stereocenters. The molecule has 0 unspecified atom stereocenters. The van der Waals surface area contributed by atoms with Crippen LogP contribution in [0.4, 0.5) is 13.2 Å². The summed E-state index contributed by atoms with van der Waals surface area (Å²) in [6.45, 7) is -0.465. The number of imide groups is 1. The molecule has 26 heavy (non-hydrogen) atoms. The number of fused-ring (bicyclic) bond motifs is 1. The summed E-state index contributed by atoms with van der Waals surface area (Å²) < 4.78 is 37.5. The lowest BCUT2D eigenvalue weighted by molar-refractivity contribution is -0.137. The number of alkyl halides is 3. The van der Waals surface area contributed by atoms with Gasteiger partial charge in [0.25, 0.3) is 11.8 Å². The highest BCUT2D eigenvalue weighted by Gasteiger charge is 2.36. The topological polar surface area (TPSA) is 66.5 Å². The summed E-state index contributed by atoms with van der Waals surface area (Å²) >= 11 is 0. The second kappa shape index (κ2) is 6.62. The summed E-state index contributed by atoms with van der Waals surface area (Å²) in [6, 6.07) is 10.6. The average molecular weight is 362 g/mol. The van der Waals surface area contributed by atoms with Crippen LogP contribution < -0.4 is 5.32 Å². The van der Waals surface area contributed by atoms with Crippen LogP contribution in [0.3, 0.4) is 0 Å². The van der Waals surface area contributed by atoms with Crippen LogP contribution in [0.5, 0.6) is 0 Å². The zero-order chi connectivity index (χ0) is 18.9. The predicted molar refractivity (Wildman–Crippen MR) is 85.1 cm³/mol. The Morgan fingerprint density at radius 2 is 1.46 bits per heavy atom. The van der Waals surface area contributed by atoms with Gasteiger partial charge in [-0.3, -0.25) is 19.3 Å². The van der Waals surface area contributed by atoms with Crippen LogP contribution in [0.1, 0.15) is 31.8 Å². The summed E-state index contributed by atoms with van der Waals surface area (Å²) in [4.78, 5) is 37.2. The first-order valence-corrected chi connectivity index (χ1v) is 7.65. The quantitative estimate of drug-likeness (QED) is 0.851. The lowest BCUT2D eigenvalue weighted by atomic mass is 10.1. The molecule has 0 saturated heterocycles. The van der Waals surface area contributed by atoms with Gasteiger partial charge >= 0.3 is 6.18 Å². The Labute approximate surface area is 146 Å². The van der Waals surface area contributed by atoms with Crippen LogP contribution in [0, 0.1) is 0 Å². The van der Waals surface area contributed by atoms with Crippen molar-refractivity contribution >= 4 is 17.7 Å². The largest absolute Gasteiger partial charge is 0.416 e. The van der Waals surface area contributed by atoms with Gasteiger partial charge in [-0.05, 0) is 29.8 Å². The molecule has 1 N–H and O–H groups in total. The van der Waals surface area contributed by atoms with Crippen molar-refractivity contribution in [3.05, 3.63) is 70.8 Å². The van der Waals surface area contributed by atoms with E-state index in [4.69, 9.17) is 0 Å². The summed E-state index contributed by atoms with van der Waals surface area (Å²) in [5.41, 5.74) is 0.174. The molecule has 0 aromatic heterocycles. The number of hydrogen-bond acceptors (Lipinski definition) is 3. The summed E-state index contributed by atoms with van der Waals surface area (Å²) in [7, 11) is 0. The minimum atomic E-state index is -4.42. The Morgan fingerprint density at radius 1 is 0.923 bits per heavy atom. The fraction of sp³-hybridized carbons (Fsp3) is 0.167. The summed E-state index contributed by atoms with van der Waals surface area (Å²) in [5, 5.41) is 2.49. The number of nitrogens with zero attached hydrogens (tertiary/aromatic N) is 1. The van der Waals surface area contributed by atoms with Crippen molar-refractivity contribution < 1.29 is 27.6 Å². The van der Waals surface area contributed by atoms with E-state index in [0.29, 0.717) is 5.56 Å². The number of amides is 3. The molecule has 2 aromatic rings. The second-order valence-electron chi connectivity index (χ2n) is 5.71. The number of carbonyl (C=O) groups excluding carboxylic acids is 3. The lowest BCUT2D eigenvalue weighted by Gasteiger charge is -2.14. The third-order valence-corrected chi connectivity index (χ3v) is 3.95. The highest BCUT2D eigenvalue weighted by molar-refractivity contribution is 6.22. The van der Waals surface area contributed by atoms with Gasteiger partial charge in [0.1, 0.15) is 6.54 Å². The van der Waals surface area contributed by atoms with E-state index in [2.05, 4.69) is 5.32 Å². The molecule has 5 nitrogen and oxygen atoms in total. The van der Waals surface area contributed by atoms with E-state index in [0.717, 1.165) is 17.0 Å². The van der Waals surface area contributed by atoms with Gasteiger partial charge < -0.3 is 5.32 Å². The van der Waals surface area contributed by atoms with Crippen molar-refractivity contribution in [3.63, 3.8) is 0 Å². The fourth-order valence-corrected chi connectivity index (χ4v) is 2.59. The Balaban J connectivity index is 1.59. The van der Waals surface area contributed by atoms with Crippen molar-refractivity contribution in [2.45, 2.75) is 12.7 Å². The molecule has 0 aliphatic carbocycles. The maximum atomic E-state index is 12.5. The normalized spacial score (nSPS) is 13.7. The zero-order valence-corrected chi connectivity index (χ0v) is 13.3. The molecule has 1 heterocycles. The fourth-order valence-electron chi connectivity index (χ4n) is 2.59. The number of benzene rings is 2. The Hall–Kier alpha value is -3.16. The molecule has 8 heteroatoms. The molecule has 0 spiro atoms. The van der Waals surface area contributed by atoms with E-state index < -0.39 is 36.0 Å². The second-order valence-corrected chi connectivity index (χ2v) is 5.71. The summed E-state index contributed by atoms with van der Waals surface area (Å²) in [5.74, 6) is -1.68. The maximum absolute atomic E-state index is 12.5. The molecule has 134 valence electrons.